The summed E-state index contributed by atoms with van der Waals surface area (Å²) in [5, 5.41) is 3.79. The van der Waals surface area contributed by atoms with E-state index in [9.17, 15) is 18.0 Å². The molecule has 10 heteroatoms. The van der Waals surface area contributed by atoms with Crippen LogP contribution in [0.2, 0.25) is 5.02 Å². The number of carbonyl (C=O) groups is 1. The molecule has 8 nitrogen and oxygen atoms in total. The van der Waals surface area contributed by atoms with Gasteiger partial charge in [0.25, 0.3) is 10.0 Å². The van der Waals surface area contributed by atoms with Crippen molar-refractivity contribution in [3.63, 3.8) is 0 Å². The average Bonchev–Trinajstić information content (AvgIpc) is 2.74. The van der Waals surface area contributed by atoms with Crippen LogP contribution < -0.4 is 10.4 Å². The van der Waals surface area contributed by atoms with Crippen LogP contribution in [0.3, 0.4) is 0 Å². The van der Waals surface area contributed by atoms with Crippen molar-refractivity contribution in [2.45, 2.75) is 25.2 Å². The summed E-state index contributed by atoms with van der Waals surface area (Å²) in [6, 6.07) is 3.38. The number of amides is 1. The Morgan fingerprint density at radius 3 is 2.57 bits per heavy atom. The maximum absolute atomic E-state index is 12.4. The van der Waals surface area contributed by atoms with Gasteiger partial charge in [0.1, 0.15) is 10.7 Å². The summed E-state index contributed by atoms with van der Waals surface area (Å²) >= 11 is 5.91. The third kappa shape index (κ3) is 3.15. The van der Waals surface area contributed by atoms with Crippen molar-refractivity contribution in [3.05, 3.63) is 45.1 Å². The summed E-state index contributed by atoms with van der Waals surface area (Å²) < 4.78 is 28.2. The molecule has 0 fully saturated rings. The minimum Gasteiger partial charge on any atom is -0.282 e. The molecule has 0 aliphatic carbocycles. The molecule has 124 valence electrons. The predicted molar refractivity (Wildman–Crippen MR) is 84.2 cm³/mol. The Morgan fingerprint density at radius 2 is 2.04 bits per heavy atom. The Hall–Kier alpha value is -2.13. The smallest absolute Gasteiger partial charge is 0.282 e. The standard InChI is InChI=1S/C13H15ClN4O4S/c1-4-10-15-18(13(20)17(10)3)12(19)16-23(21,22)11-8(2)6-5-7-9(11)14/h5-7H,4H2,1-3H3,(H,16,19). The lowest BCUT2D eigenvalue weighted by Gasteiger charge is -2.10. The number of nitrogens with zero attached hydrogens (tertiary/aromatic N) is 3. The summed E-state index contributed by atoms with van der Waals surface area (Å²) in [5.74, 6) is 0.358. The molecular weight excluding hydrogens is 344 g/mol. The van der Waals surface area contributed by atoms with Crippen molar-refractivity contribution in [1.29, 1.82) is 0 Å². The first-order valence-corrected chi connectivity index (χ1v) is 8.52. The van der Waals surface area contributed by atoms with Crippen LogP contribution in [-0.4, -0.2) is 28.8 Å². The zero-order valence-electron chi connectivity index (χ0n) is 12.7. The minimum atomic E-state index is -4.24. The molecule has 2 rings (SSSR count). The molecule has 0 unspecified atom stereocenters. The molecule has 0 aliphatic heterocycles. The highest BCUT2D eigenvalue weighted by Crippen LogP contribution is 2.24. The quantitative estimate of drug-likeness (QED) is 0.883. The lowest BCUT2D eigenvalue weighted by molar-refractivity contribution is 0.243. The molecule has 1 heterocycles. The van der Waals surface area contributed by atoms with E-state index in [1.807, 2.05) is 4.72 Å². The molecule has 0 aliphatic rings. The second kappa shape index (κ2) is 6.17. The molecule has 1 amide bonds. The van der Waals surface area contributed by atoms with E-state index < -0.39 is 21.7 Å². The predicted octanol–water partition coefficient (Wildman–Crippen LogP) is 1.05. The number of benzene rings is 1. The van der Waals surface area contributed by atoms with Crippen molar-refractivity contribution in [1.82, 2.24) is 19.1 Å². The zero-order chi connectivity index (χ0) is 17.4. The third-order valence-corrected chi connectivity index (χ3v) is 5.18. The van der Waals surface area contributed by atoms with Gasteiger partial charge in [-0.1, -0.05) is 30.7 Å². The molecule has 0 radical (unpaired) electrons. The van der Waals surface area contributed by atoms with Crippen molar-refractivity contribution in [3.8, 4) is 0 Å². The molecule has 1 aromatic heterocycles. The van der Waals surface area contributed by atoms with Crippen LogP contribution in [0.25, 0.3) is 0 Å². The summed E-state index contributed by atoms with van der Waals surface area (Å²) in [5.41, 5.74) is -0.356. The van der Waals surface area contributed by atoms with Gasteiger partial charge in [-0.3, -0.25) is 4.57 Å². The van der Waals surface area contributed by atoms with E-state index in [1.54, 1.807) is 26.0 Å². The lowest BCUT2D eigenvalue weighted by Crippen LogP contribution is -2.40. The Bertz CT molecular complexity index is 910. The molecule has 23 heavy (non-hydrogen) atoms. The van der Waals surface area contributed by atoms with E-state index in [-0.39, 0.29) is 9.92 Å². The van der Waals surface area contributed by atoms with E-state index in [0.29, 0.717) is 22.5 Å². The summed E-state index contributed by atoms with van der Waals surface area (Å²) in [7, 11) is -2.79. The molecule has 0 bridgehead atoms. The third-order valence-electron chi connectivity index (χ3n) is 3.23. The van der Waals surface area contributed by atoms with Crippen molar-refractivity contribution < 1.29 is 13.2 Å². The van der Waals surface area contributed by atoms with Gasteiger partial charge in [-0.15, -0.1) is 9.78 Å². The Kier molecular flexibility index (Phi) is 4.62. The number of sulfonamides is 1. The highest BCUT2D eigenvalue weighted by atomic mass is 35.5. The van der Waals surface area contributed by atoms with Gasteiger partial charge in [-0.05, 0) is 18.6 Å². The highest BCUT2D eigenvalue weighted by molar-refractivity contribution is 7.90. The molecule has 0 saturated heterocycles. The fraction of sp³-hybridized carbons (Fsp3) is 0.308. The van der Waals surface area contributed by atoms with Crippen LogP contribution in [0.1, 0.15) is 18.3 Å². The molecule has 2 aromatic rings. The molecule has 0 atom stereocenters. The highest BCUT2D eigenvalue weighted by Gasteiger charge is 2.25. The van der Waals surface area contributed by atoms with Gasteiger partial charge in [-0.2, -0.15) is 0 Å². The zero-order valence-corrected chi connectivity index (χ0v) is 14.3. The minimum absolute atomic E-state index is 0.0204. The van der Waals surface area contributed by atoms with Crippen LogP contribution in [0.5, 0.6) is 0 Å². The van der Waals surface area contributed by atoms with E-state index in [0.717, 1.165) is 0 Å². The number of hydrogen-bond acceptors (Lipinski definition) is 5. The van der Waals surface area contributed by atoms with Gasteiger partial charge in [0.15, 0.2) is 0 Å². The van der Waals surface area contributed by atoms with Crippen LogP contribution in [-0.2, 0) is 23.5 Å². The normalized spacial score (nSPS) is 11.5. The van der Waals surface area contributed by atoms with Gasteiger partial charge < -0.3 is 0 Å². The van der Waals surface area contributed by atoms with Gasteiger partial charge in [0.2, 0.25) is 0 Å². The first-order valence-electron chi connectivity index (χ1n) is 6.66. The molecule has 1 aromatic carbocycles. The van der Waals surface area contributed by atoms with Crippen molar-refractivity contribution >= 4 is 27.7 Å². The van der Waals surface area contributed by atoms with E-state index in [1.165, 1.54) is 17.7 Å². The summed E-state index contributed by atoms with van der Waals surface area (Å²) in [6.45, 7) is 3.31. The molecule has 1 N–H and O–H groups in total. The second-order valence-corrected chi connectivity index (χ2v) is 6.85. The number of nitrogens with one attached hydrogen (secondary N) is 1. The monoisotopic (exact) mass is 358 g/mol. The SMILES string of the molecule is CCc1nn(C(=O)NS(=O)(=O)c2c(C)cccc2Cl)c(=O)n1C. The van der Waals surface area contributed by atoms with Crippen molar-refractivity contribution in [2.75, 3.05) is 0 Å². The summed E-state index contributed by atoms with van der Waals surface area (Å²) in [4.78, 5) is 23.8. The maximum Gasteiger partial charge on any atom is 0.360 e. The van der Waals surface area contributed by atoms with Crippen molar-refractivity contribution in [2.24, 2.45) is 7.05 Å². The fourth-order valence-electron chi connectivity index (χ4n) is 2.08. The van der Waals surface area contributed by atoms with E-state index >= 15 is 0 Å². The summed E-state index contributed by atoms with van der Waals surface area (Å²) in [6.07, 6.45) is 0.419. The Labute approximate surface area is 137 Å². The topological polar surface area (TPSA) is 103 Å². The Morgan fingerprint density at radius 1 is 1.39 bits per heavy atom. The molecule has 0 spiro atoms. The number of rotatable bonds is 3. The number of aromatic nitrogens is 3. The van der Waals surface area contributed by atoms with Crippen LogP contribution in [0.15, 0.2) is 27.9 Å². The van der Waals surface area contributed by atoms with Crippen LogP contribution in [0.4, 0.5) is 4.79 Å². The molecule has 0 saturated carbocycles. The van der Waals surface area contributed by atoms with Gasteiger partial charge in [0.05, 0.1) is 5.02 Å². The lowest BCUT2D eigenvalue weighted by atomic mass is 10.2. The number of hydrogen-bond donors (Lipinski definition) is 1. The molecular formula is C13H15ClN4O4S. The number of aryl methyl sites for hydroxylation is 2. The largest absolute Gasteiger partial charge is 0.360 e. The van der Waals surface area contributed by atoms with Crippen LogP contribution in [0, 0.1) is 6.92 Å². The number of halogens is 1. The van der Waals surface area contributed by atoms with Gasteiger partial charge in [0, 0.05) is 13.5 Å². The van der Waals surface area contributed by atoms with Gasteiger partial charge >= 0.3 is 11.7 Å². The number of carbonyl (C=O) groups excluding carboxylic acids is 1. The van der Waals surface area contributed by atoms with Crippen LogP contribution >= 0.6 is 11.6 Å². The average molecular weight is 359 g/mol. The Balaban J connectivity index is 2.42. The maximum atomic E-state index is 12.4. The first-order chi connectivity index (χ1) is 10.7. The first kappa shape index (κ1) is 17.2. The van der Waals surface area contributed by atoms with Gasteiger partial charge in [-0.25, -0.2) is 22.7 Å². The second-order valence-electron chi connectivity index (χ2n) is 4.82. The van der Waals surface area contributed by atoms with E-state index in [4.69, 9.17) is 11.6 Å². The van der Waals surface area contributed by atoms with E-state index in [2.05, 4.69) is 5.10 Å². The fourth-order valence-corrected chi connectivity index (χ4v) is 3.85.